The van der Waals surface area contributed by atoms with E-state index in [-0.39, 0.29) is 6.23 Å². The minimum Gasteiger partial charge on any atom is -0.345 e. The van der Waals surface area contributed by atoms with Crippen LogP contribution in [0.1, 0.15) is 104 Å². The molecule has 1 heterocycles. The van der Waals surface area contributed by atoms with Crippen molar-refractivity contribution in [3.8, 4) is 0 Å². The molecule has 0 aromatic carbocycles. The molecule has 0 aliphatic carbocycles. The van der Waals surface area contributed by atoms with Crippen molar-refractivity contribution in [3.63, 3.8) is 0 Å². The van der Waals surface area contributed by atoms with Crippen molar-refractivity contribution in [2.75, 3.05) is 19.6 Å². The highest BCUT2D eigenvalue weighted by Crippen LogP contribution is 2.23. The van der Waals surface area contributed by atoms with Crippen molar-refractivity contribution in [2.45, 2.75) is 110 Å². The number of nitrogens with zero attached hydrogens (tertiary/aromatic N) is 2. The van der Waals surface area contributed by atoms with Gasteiger partial charge in [-0.1, -0.05) is 70.4 Å². The van der Waals surface area contributed by atoms with Gasteiger partial charge in [-0.15, -0.1) is 0 Å². The first-order valence-corrected chi connectivity index (χ1v) is 11.4. The molecule has 1 aliphatic rings. The van der Waals surface area contributed by atoms with E-state index in [4.69, 9.17) is 4.99 Å². The quantitative estimate of drug-likeness (QED) is 0.196. The van der Waals surface area contributed by atoms with Crippen LogP contribution in [0.25, 0.3) is 0 Å². The third kappa shape index (κ3) is 8.35. The Morgan fingerprint density at radius 1 is 0.923 bits per heavy atom. The van der Waals surface area contributed by atoms with Gasteiger partial charge in [0.15, 0.2) is 6.23 Å². The van der Waals surface area contributed by atoms with Gasteiger partial charge in [-0.25, -0.2) is 4.99 Å². The Balaban J connectivity index is 1.95. The average molecular weight is 366 g/mol. The molecule has 0 bridgehead atoms. The Hall–Kier alpha value is -0.670. The molecule has 1 rings (SSSR count). The standard InChI is InChI=1S/C23H45N2O/c1-4-6-7-8-9-10-11-12-13-14-15-16-17-18-19-23-24-20-21-25(23,5-2)22(3)26/h7-8,22,26H,4-6,9-21H2,1-3H3/q+1/b8-7+. The van der Waals surface area contributed by atoms with Crippen LogP contribution >= 0.6 is 0 Å². The molecule has 1 N–H and O–H groups in total. The largest absolute Gasteiger partial charge is 0.345 e. The smallest absolute Gasteiger partial charge is 0.200 e. The number of likely N-dealkylation sites (N-methyl/N-ethyl adjacent to an activating group) is 1. The summed E-state index contributed by atoms with van der Waals surface area (Å²) in [7, 11) is 0. The molecule has 152 valence electrons. The van der Waals surface area contributed by atoms with Crippen LogP contribution in [0, 0.1) is 0 Å². The zero-order valence-corrected chi connectivity index (χ0v) is 17.9. The molecule has 1 aliphatic heterocycles. The number of rotatable bonds is 16. The number of aliphatic hydroxyl groups excluding tert-OH is 1. The average Bonchev–Trinajstić information content (AvgIpc) is 3.06. The van der Waals surface area contributed by atoms with Crippen LogP contribution in [0.5, 0.6) is 0 Å². The topological polar surface area (TPSA) is 32.6 Å². The Morgan fingerprint density at radius 2 is 1.50 bits per heavy atom. The molecule has 0 aromatic rings. The van der Waals surface area contributed by atoms with Crippen molar-refractivity contribution >= 4 is 5.84 Å². The van der Waals surface area contributed by atoms with Crippen molar-refractivity contribution in [3.05, 3.63) is 12.2 Å². The molecule has 3 heteroatoms. The highest BCUT2D eigenvalue weighted by Gasteiger charge is 2.40. The van der Waals surface area contributed by atoms with Gasteiger partial charge in [-0.05, 0) is 32.6 Å². The lowest BCUT2D eigenvalue weighted by atomic mass is 10.0. The molecule has 0 saturated carbocycles. The number of hydrogen-bond donors (Lipinski definition) is 1. The van der Waals surface area contributed by atoms with Crippen molar-refractivity contribution in [1.29, 1.82) is 0 Å². The van der Waals surface area contributed by atoms with Crippen molar-refractivity contribution < 1.29 is 9.59 Å². The molecule has 26 heavy (non-hydrogen) atoms. The van der Waals surface area contributed by atoms with Gasteiger partial charge in [-0.3, -0.25) is 4.48 Å². The Labute approximate surface area is 163 Å². The van der Waals surface area contributed by atoms with Gasteiger partial charge in [-0.2, -0.15) is 0 Å². The van der Waals surface area contributed by atoms with Gasteiger partial charge >= 0.3 is 0 Å². The first-order chi connectivity index (χ1) is 12.7. The summed E-state index contributed by atoms with van der Waals surface area (Å²) < 4.78 is 0.716. The number of amidine groups is 1. The van der Waals surface area contributed by atoms with Crippen LogP contribution in [0.3, 0.4) is 0 Å². The Kier molecular flexibility index (Phi) is 12.9. The predicted octanol–water partition coefficient (Wildman–Crippen LogP) is 6.22. The van der Waals surface area contributed by atoms with E-state index < -0.39 is 0 Å². The summed E-state index contributed by atoms with van der Waals surface area (Å²) >= 11 is 0. The number of quaternary nitrogens is 1. The molecule has 0 aromatic heterocycles. The summed E-state index contributed by atoms with van der Waals surface area (Å²) in [5.74, 6) is 1.25. The Bertz CT molecular complexity index is 403. The van der Waals surface area contributed by atoms with E-state index in [0.29, 0.717) is 4.48 Å². The van der Waals surface area contributed by atoms with Crippen molar-refractivity contribution in [1.82, 2.24) is 0 Å². The lowest BCUT2D eigenvalue weighted by molar-refractivity contribution is -0.882. The van der Waals surface area contributed by atoms with Crippen LogP contribution in [0.15, 0.2) is 17.1 Å². The van der Waals surface area contributed by atoms with Crippen molar-refractivity contribution in [2.24, 2.45) is 4.99 Å². The van der Waals surface area contributed by atoms with Crippen LogP contribution in [0.4, 0.5) is 0 Å². The van der Waals surface area contributed by atoms with Gasteiger partial charge < -0.3 is 5.11 Å². The van der Waals surface area contributed by atoms with E-state index in [0.717, 1.165) is 26.1 Å². The fourth-order valence-electron chi connectivity index (χ4n) is 4.12. The van der Waals surface area contributed by atoms with E-state index >= 15 is 0 Å². The molecule has 0 radical (unpaired) electrons. The van der Waals surface area contributed by atoms with Crippen LogP contribution in [-0.4, -0.2) is 41.3 Å². The molecular weight excluding hydrogens is 320 g/mol. The van der Waals surface area contributed by atoms with Gasteiger partial charge in [0, 0.05) is 13.3 Å². The minimum atomic E-state index is -0.316. The number of aliphatic imine (C=N–C) groups is 1. The second kappa shape index (κ2) is 14.4. The summed E-state index contributed by atoms with van der Waals surface area (Å²) in [6.45, 7) is 9.17. The summed E-state index contributed by atoms with van der Waals surface area (Å²) in [4.78, 5) is 4.70. The third-order valence-electron chi connectivity index (χ3n) is 5.98. The number of unbranched alkanes of at least 4 members (excludes halogenated alkanes) is 10. The van der Waals surface area contributed by atoms with Crippen LogP contribution in [0.2, 0.25) is 0 Å². The fraction of sp³-hybridized carbons (Fsp3) is 0.870. The van der Waals surface area contributed by atoms with E-state index in [2.05, 4.69) is 26.0 Å². The maximum Gasteiger partial charge on any atom is 0.200 e. The van der Waals surface area contributed by atoms with Gasteiger partial charge in [0.05, 0.1) is 13.1 Å². The maximum atomic E-state index is 10.2. The molecule has 0 spiro atoms. The SMILES string of the molecule is CCC/C=C/CCCCCCCCCCCC1=NCC[N+]1(CC)C(C)O. The zero-order valence-electron chi connectivity index (χ0n) is 17.9. The molecule has 3 nitrogen and oxygen atoms in total. The number of hydrogen-bond acceptors (Lipinski definition) is 2. The van der Waals surface area contributed by atoms with E-state index in [9.17, 15) is 5.11 Å². The van der Waals surface area contributed by atoms with Crippen LogP contribution < -0.4 is 0 Å². The Morgan fingerprint density at radius 3 is 2.08 bits per heavy atom. The number of allylic oxidation sites excluding steroid dienone is 2. The van der Waals surface area contributed by atoms with Gasteiger partial charge in [0.1, 0.15) is 6.54 Å². The highest BCUT2D eigenvalue weighted by molar-refractivity contribution is 5.76. The van der Waals surface area contributed by atoms with Gasteiger partial charge in [0.25, 0.3) is 0 Å². The highest BCUT2D eigenvalue weighted by atomic mass is 16.3. The summed E-state index contributed by atoms with van der Waals surface area (Å²) in [6, 6.07) is 0. The first kappa shape index (κ1) is 23.4. The molecule has 0 fully saturated rings. The molecule has 0 amide bonds. The summed E-state index contributed by atoms with van der Waals surface area (Å²) in [5.41, 5.74) is 0. The lowest BCUT2D eigenvalue weighted by Crippen LogP contribution is -2.56. The number of aliphatic hydroxyl groups is 1. The second-order valence-corrected chi connectivity index (χ2v) is 7.98. The lowest BCUT2D eigenvalue weighted by Gasteiger charge is -2.36. The van der Waals surface area contributed by atoms with E-state index in [1.54, 1.807) is 0 Å². The first-order valence-electron chi connectivity index (χ1n) is 11.4. The predicted molar refractivity (Wildman–Crippen MR) is 114 cm³/mol. The van der Waals surface area contributed by atoms with Gasteiger partial charge in [0.2, 0.25) is 5.84 Å². The summed E-state index contributed by atoms with van der Waals surface area (Å²) in [6.07, 6.45) is 21.5. The summed E-state index contributed by atoms with van der Waals surface area (Å²) in [5, 5.41) is 10.2. The molecule has 2 unspecified atom stereocenters. The molecular formula is C23H45N2O+. The normalized spacial score (nSPS) is 21.5. The zero-order chi connectivity index (χ0) is 19.1. The maximum absolute atomic E-state index is 10.2. The van der Waals surface area contributed by atoms with Crippen LogP contribution in [-0.2, 0) is 0 Å². The molecule has 2 atom stereocenters. The minimum absolute atomic E-state index is 0.316. The molecule has 0 saturated heterocycles. The van der Waals surface area contributed by atoms with E-state index in [1.807, 2.05) is 6.92 Å². The fourth-order valence-corrected chi connectivity index (χ4v) is 4.12. The third-order valence-corrected chi connectivity index (χ3v) is 5.98. The monoisotopic (exact) mass is 365 g/mol. The second-order valence-electron chi connectivity index (χ2n) is 7.98. The van der Waals surface area contributed by atoms with E-state index in [1.165, 1.54) is 82.9 Å².